The summed E-state index contributed by atoms with van der Waals surface area (Å²) in [7, 11) is 1.91. The molecule has 0 aliphatic rings. The Labute approximate surface area is 84.4 Å². The molecular formula is C10H17N3O. The number of rotatable bonds is 3. The third-order valence-electron chi connectivity index (χ3n) is 1.83. The Morgan fingerprint density at radius 2 is 2.21 bits per heavy atom. The van der Waals surface area contributed by atoms with E-state index in [0.29, 0.717) is 12.4 Å². The summed E-state index contributed by atoms with van der Waals surface area (Å²) in [5.41, 5.74) is 5.80. The molecule has 0 saturated carbocycles. The van der Waals surface area contributed by atoms with Gasteiger partial charge in [0.15, 0.2) is 0 Å². The second-order valence-corrected chi connectivity index (χ2v) is 4.11. The van der Waals surface area contributed by atoms with Crippen LogP contribution < -0.4 is 10.6 Å². The predicted molar refractivity (Wildman–Crippen MR) is 58.2 cm³/mol. The molecule has 1 heterocycles. The Balaban J connectivity index is 2.74. The Morgan fingerprint density at radius 1 is 1.57 bits per heavy atom. The molecule has 1 aromatic heterocycles. The predicted octanol–water partition coefficient (Wildman–Crippen LogP) is 0.871. The third kappa shape index (κ3) is 3.22. The number of anilines is 2. The van der Waals surface area contributed by atoms with Gasteiger partial charge in [-0.1, -0.05) is 0 Å². The van der Waals surface area contributed by atoms with Crippen molar-refractivity contribution in [2.24, 2.45) is 0 Å². The van der Waals surface area contributed by atoms with Gasteiger partial charge in [0.05, 0.1) is 5.60 Å². The van der Waals surface area contributed by atoms with Crippen LogP contribution in [-0.4, -0.2) is 29.3 Å². The van der Waals surface area contributed by atoms with Gasteiger partial charge in [-0.05, 0) is 19.9 Å². The number of likely N-dealkylation sites (N-methyl/N-ethyl adjacent to an activating group) is 1. The maximum absolute atomic E-state index is 9.63. The summed E-state index contributed by atoms with van der Waals surface area (Å²) in [4.78, 5) is 5.85. The lowest BCUT2D eigenvalue weighted by Crippen LogP contribution is -2.36. The zero-order valence-corrected chi connectivity index (χ0v) is 8.86. The molecule has 0 bridgehead atoms. The van der Waals surface area contributed by atoms with E-state index >= 15 is 0 Å². The van der Waals surface area contributed by atoms with Crippen LogP contribution in [0.5, 0.6) is 0 Å². The monoisotopic (exact) mass is 195 g/mol. The minimum Gasteiger partial charge on any atom is -0.389 e. The minimum atomic E-state index is -0.715. The fraction of sp³-hybridized carbons (Fsp3) is 0.500. The lowest BCUT2D eigenvalue weighted by molar-refractivity contribution is 0.0886. The minimum absolute atomic E-state index is 0.491. The van der Waals surface area contributed by atoms with Crippen LogP contribution in [0.3, 0.4) is 0 Å². The Morgan fingerprint density at radius 3 is 2.71 bits per heavy atom. The van der Waals surface area contributed by atoms with Crippen LogP contribution >= 0.6 is 0 Å². The summed E-state index contributed by atoms with van der Waals surface area (Å²) in [6, 6.07) is 3.65. The van der Waals surface area contributed by atoms with E-state index in [1.807, 2.05) is 18.0 Å². The smallest absolute Gasteiger partial charge is 0.125 e. The molecule has 0 unspecified atom stereocenters. The largest absolute Gasteiger partial charge is 0.389 e. The van der Waals surface area contributed by atoms with Gasteiger partial charge in [0.1, 0.15) is 5.82 Å². The summed E-state index contributed by atoms with van der Waals surface area (Å²) in [5, 5.41) is 9.63. The van der Waals surface area contributed by atoms with E-state index in [1.165, 1.54) is 0 Å². The van der Waals surface area contributed by atoms with Crippen molar-refractivity contribution in [3.8, 4) is 0 Å². The van der Waals surface area contributed by atoms with Crippen molar-refractivity contribution in [2.75, 3.05) is 24.2 Å². The van der Waals surface area contributed by atoms with Crippen molar-refractivity contribution in [3.63, 3.8) is 0 Å². The van der Waals surface area contributed by atoms with Crippen molar-refractivity contribution >= 4 is 11.5 Å². The molecule has 0 spiro atoms. The zero-order valence-electron chi connectivity index (χ0n) is 8.86. The lowest BCUT2D eigenvalue weighted by atomic mass is 10.1. The number of nitrogens with zero attached hydrogens (tertiary/aromatic N) is 2. The molecule has 1 rings (SSSR count). The Hall–Kier alpha value is -1.29. The molecule has 0 atom stereocenters. The van der Waals surface area contributed by atoms with E-state index in [9.17, 15) is 5.11 Å². The summed E-state index contributed by atoms with van der Waals surface area (Å²) in [5.74, 6) is 0.491. The number of pyridine rings is 1. The molecule has 0 aliphatic heterocycles. The third-order valence-corrected chi connectivity index (χ3v) is 1.83. The molecule has 0 aliphatic carbocycles. The van der Waals surface area contributed by atoms with Crippen LogP contribution in [0.15, 0.2) is 18.3 Å². The van der Waals surface area contributed by atoms with Gasteiger partial charge in [-0.25, -0.2) is 4.98 Å². The highest BCUT2D eigenvalue weighted by Crippen LogP contribution is 2.16. The van der Waals surface area contributed by atoms with Crippen molar-refractivity contribution in [1.29, 1.82) is 0 Å². The van der Waals surface area contributed by atoms with Gasteiger partial charge < -0.3 is 15.7 Å². The lowest BCUT2D eigenvalue weighted by Gasteiger charge is -2.27. The van der Waals surface area contributed by atoms with E-state index in [2.05, 4.69) is 4.98 Å². The molecule has 3 N–H and O–H groups in total. The maximum Gasteiger partial charge on any atom is 0.125 e. The van der Waals surface area contributed by atoms with Crippen molar-refractivity contribution in [2.45, 2.75) is 19.4 Å². The molecule has 0 radical (unpaired) electrons. The quantitative estimate of drug-likeness (QED) is 0.751. The molecule has 4 nitrogen and oxygen atoms in total. The molecule has 78 valence electrons. The van der Waals surface area contributed by atoms with Crippen LogP contribution in [0.4, 0.5) is 11.5 Å². The average Bonchev–Trinajstić information content (AvgIpc) is 2.01. The summed E-state index contributed by atoms with van der Waals surface area (Å²) in [6.45, 7) is 4.10. The van der Waals surface area contributed by atoms with E-state index in [1.54, 1.807) is 26.1 Å². The van der Waals surface area contributed by atoms with Gasteiger partial charge in [-0.3, -0.25) is 0 Å². The highest BCUT2D eigenvalue weighted by Gasteiger charge is 2.15. The number of nitrogen functional groups attached to an aromatic ring is 1. The van der Waals surface area contributed by atoms with Crippen LogP contribution in [-0.2, 0) is 0 Å². The first-order chi connectivity index (χ1) is 6.38. The van der Waals surface area contributed by atoms with E-state index in [-0.39, 0.29) is 0 Å². The summed E-state index contributed by atoms with van der Waals surface area (Å²) >= 11 is 0. The van der Waals surface area contributed by atoms with Gasteiger partial charge in [-0.2, -0.15) is 0 Å². The number of aliphatic hydroxyl groups is 1. The van der Waals surface area contributed by atoms with Crippen LogP contribution in [0.25, 0.3) is 0 Å². The van der Waals surface area contributed by atoms with E-state index in [0.717, 1.165) is 5.69 Å². The van der Waals surface area contributed by atoms with Gasteiger partial charge in [0.2, 0.25) is 0 Å². The topological polar surface area (TPSA) is 62.4 Å². The number of hydrogen-bond donors (Lipinski definition) is 2. The molecule has 4 heteroatoms. The SMILES string of the molecule is CN(CC(C)(C)O)c1ccnc(N)c1. The number of aromatic nitrogens is 1. The molecule has 0 saturated heterocycles. The Kier molecular flexibility index (Phi) is 2.96. The summed E-state index contributed by atoms with van der Waals surface area (Å²) < 4.78 is 0. The molecular weight excluding hydrogens is 178 g/mol. The second kappa shape index (κ2) is 3.84. The second-order valence-electron chi connectivity index (χ2n) is 4.11. The number of hydrogen-bond acceptors (Lipinski definition) is 4. The van der Waals surface area contributed by atoms with E-state index in [4.69, 9.17) is 5.73 Å². The maximum atomic E-state index is 9.63. The molecule has 14 heavy (non-hydrogen) atoms. The van der Waals surface area contributed by atoms with Crippen LogP contribution in [0, 0.1) is 0 Å². The molecule has 1 aromatic rings. The highest BCUT2D eigenvalue weighted by atomic mass is 16.3. The zero-order chi connectivity index (χ0) is 10.8. The molecule has 0 fully saturated rings. The standard InChI is InChI=1S/C10H17N3O/c1-10(2,14)7-13(3)8-4-5-12-9(11)6-8/h4-6,14H,7H2,1-3H3,(H2,11,12). The van der Waals surface area contributed by atoms with Crippen molar-refractivity contribution in [1.82, 2.24) is 4.98 Å². The fourth-order valence-electron chi connectivity index (χ4n) is 1.35. The Bertz CT molecular complexity index is 306. The molecule has 0 amide bonds. The first kappa shape index (κ1) is 10.8. The first-order valence-electron chi connectivity index (χ1n) is 4.53. The van der Waals surface area contributed by atoms with Gasteiger partial charge in [0, 0.05) is 31.5 Å². The van der Waals surface area contributed by atoms with Gasteiger partial charge in [-0.15, -0.1) is 0 Å². The normalized spacial score (nSPS) is 11.4. The highest BCUT2D eigenvalue weighted by molar-refractivity contribution is 5.51. The molecule has 0 aromatic carbocycles. The summed E-state index contributed by atoms with van der Waals surface area (Å²) in [6.07, 6.45) is 1.66. The average molecular weight is 195 g/mol. The van der Waals surface area contributed by atoms with Crippen molar-refractivity contribution < 1.29 is 5.11 Å². The van der Waals surface area contributed by atoms with Crippen LogP contribution in [0.2, 0.25) is 0 Å². The van der Waals surface area contributed by atoms with Gasteiger partial charge >= 0.3 is 0 Å². The van der Waals surface area contributed by atoms with Crippen LogP contribution in [0.1, 0.15) is 13.8 Å². The van der Waals surface area contributed by atoms with E-state index < -0.39 is 5.60 Å². The first-order valence-corrected chi connectivity index (χ1v) is 4.53. The van der Waals surface area contributed by atoms with Crippen molar-refractivity contribution in [3.05, 3.63) is 18.3 Å². The number of nitrogens with two attached hydrogens (primary N) is 1. The van der Waals surface area contributed by atoms with Gasteiger partial charge in [0.25, 0.3) is 0 Å². The fourth-order valence-corrected chi connectivity index (χ4v) is 1.35.